The average molecular weight is 328 g/mol. The molecule has 2 N–H and O–H groups in total. The predicted molar refractivity (Wildman–Crippen MR) is 82.8 cm³/mol. The fourth-order valence-electron chi connectivity index (χ4n) is 2.57. The van der Waals surface area contributed by atoms with Gasteiger partial charge < -0.3 is 20.1 Å². The van der Waals surface area contributed by atoms with Crippen LogP contribution in [0.3, 0.4) is 0 Å². The van der Waals surface area contributed by atoms with E-state index in [1.54, 1.807) is 0 Å². The first kappa shape index (κ1) is 17.5. The molecule has 1 aliphatic rings. The fraction of sp³-hybridized carbons (Fsp3) is 0.562. The lowest BCUT2D eigenvalue weighted by Gasteiger charge is -2.22. The van der Waals surface area contributed by atoms with Crippen LogP contribution in [0.1, 0.15) is 32.1 Å². The molecule has 2 amide bonds. The molecule has 5 nitrogen and oxygen atoms in total. The molecular weight excluding hydrogens is 306 g/mol. The van der Waals surface area contributed by atoms with Crippen LogP contribution in [0.5, 0.6) is 5.75 Å². The number of anilines is 1. The van der Waals surface area contributed by atoms with Gasteiger partial charge in [-0.25, -0.2) is 13.6 Å². The number of ether oxygens (including phenoxy) is 2. The van der Waals surface area contributed by atoms with Crippen molar-refractivity contribution in [2.24, 2.45) is 0 Å². The van der Waals surface area contributed by atoms with Crippen molar-refractivity contribution in [1.82, 2.24) is 5.32 Å². The van der Waals surface area contributed by atoms with Gasteiger partial charge in [0.1, 0.15) is 0 Å². The molecule has 128 valence electrons. The van der Waals surface area contributed by atoms with Gasteiger partial charge in [0.05, 0.1) is 13.2 Å². The lowest BCUT2D eigenvalue weighted by atomic mass is 10.0. The van der Waals surface area contributed by atoms with E-state index in [2.05, 4.69) is 15.4 Å². The Bertz CT molecular complexity index is 511. The van der Waals surface area contributed by atoms with Gasteiger partial charge in [-0.1, -0.05) is 0 Å². The van der Waals surface area contributed by atoms with E-state index in [9.17, 15) is 13.6 Å². The van der Waals surface area contributed by atoms with Crippen LogP contribution < -0.4 is 15.4 Å². The smallest absolute Gasteiger partial charge is 0.319 e. The molecule has 1 atom stereocenters. The van der Waals surface area contributed by atoms with Crippen LogP contribution in [0, 0.1) is 11.6 Å². The van der Waals surface area contributed by atoms with Crippen molar-refractivity contribution in [2.45, 2.75) is 38.2 Å². The highest BCUT2D eigenvalue weighted by Crippen LogP contribution is 2.25. The van der Waals surface area contributed by atoms with E-state index < -0.39 is 23.4 Å². The van der Waals surface area contributed by atoms with Crippen LogP contribution in [0.2, 0.25) is 0 Å². The van der Waals surface area contributed by atoms with Crippen molar-refractivity contribution in [3.05, 3.63) is 23.8 Å². The number of carbonyl (C=O) groups excluding carboxylic acids is 1. The van der Waals surface area contributed by atoms with E-state index in [0.717, 1.165) is 44.4 Å². The number of methoxy groups -OCH3 is 1. The molecular formula is C16H22F2N2O3. The monoisotopic (exact) mass is 328 g/mol. The first-order valence-corrected chi connectivity index (χ1v) is 7.79. The van der Waals surface area contributed by atoms with Crippen LogP contribution in [0.15, 0.2) is 12.1 Å². The van der Waals surface area contributed by atoms with E-state index in [1.807, 2.05) is 0 Å². The normalized spacial score (nSPS) is 17.6. The topological polar surface area (TPSA) is 59.6 Å². The second-order valence-corrected chi connectivity index (χ2v) is 5.48. The Hall–Kier alpha value is -1.89. The minimum absolute atomic E-state index is 0.0360. The maximum atomic E-state index is 13.5. The number of rotatable bonds is 6. The molecule has 1 saturated heterocycles. The summed E-state index contributed by atoms with van der Waals surface area (Å²) in [4.78, 5) is 11.7. The Labute approximate surface area is 134 Å². The number of amides is 2. The van der Waals surface area contributed by atoms with Gasteiger partial charge in [-0.3, -0.25) is 0 Å². The summed E-state index contributed by atoms with van der Waals surface area (Å²) in [6.45, 7) is 1.29. The zero-order chi connectivity index (χ0) is 16.7. The summed E-state index contributed by atoms with van der Waals surface area (Å²) in [6, 6.07) is 1.52. The lowest BCUT2D eigenvalue weighted by Crippen LogP contribution is -2.30. The van der Waals surface area contributed by atoms with Gasteiger partial charge >= 0.3 is 6.03 Å². The molecule has 2 rings (SSSR count). The number of hydrogen-bond acceptors (Lipinski definition) is 3. The first-order valence-electron chi connectivity index (χ1n) is 7.79. The predicted octanol–water partition coefficient (Wildman–Crippen LogP) is 3.44. The van der Waals surface area contributed by atoms with Gasteiger partial charge in [-0.2, -0.15) is 0 Å². The molecule has 0 saturated carbocycles. The number of halogens is 2. The molecule has 0 aliphatic carbocycles. The Morgan fingerprint density at radius 3 is 2.70 bits per heavy atom. The van der Waals surface area contributed by atoms with E-state index in [4.69, 9.17) is 4.74 Å². The minimum atomic E-state index is -0.864. The van der Waals surface area contributed by atoms with E-state index in [-0.39, 0.29) is 11.8 Å². The standard InChI is InChI=1S/C16H22F2N2O3/c1-22-15-13(17)9-11(10-14(15)18)20-16(21)19-7-4-6-12-5-2-3-8-23-12/h9-10,12H,2-8H2,1H3,(H2,19,20,21)/t12-/m0/s1. The fourth-order valence-corrected chi connectivity index (χ4v) is 2.57. The maximum absolute atomic E-state index is 13.5. The molecule has 1 aromatic carbocycles. The van der Waals surface area contributed by atoms with Crippen molar-refractivity contribution in [3.8, 4) is 5.75 Å². The second-order valence-electron chi connectivity index (χ2n) is 5.48. The summed E-state index contributed by atoms with van der Waals surface area (Å²) in [7, 11) is 1.18. The van der Waals surface area contributed by atoms with Gasteiger partial charge in [0.2, 0.25) is 0 Å². The summed E-state index contributed by atoms with van der Waals surface area (Å²) in [5, 5.41) is 5.05. The lowest BCUT2D eigenvalue weighted by molar-refractivity contribution is 0.0103. The molecule has 1 aliphatic heterocycles. The van der Waals surface area contributed by atoms with Crippen molar-refractivity contribution >= 4 is 11.7 Å². The summed E-state index contributed by atoms with van der Waals surface area (Å²) in [5.74, 6) is -2.20. The van der Waals surface area contributed by atoms with E-state index >= 15 is 0 Å². The highest BCUT2D eigenvalue weighted by atomic mass is 19.1. The van der Waals surface area contributed by atoms with Gasteiger partial charge in [-0.05, 0) is 32.1 Å². The van der Waals surface area contributed by atoms with Crippen molar-refractivity contribution in [3.63, 3.8) is 0 Å². The van der Waals surface area contributed by atoms with Crippen molar-refractivity contribution in [1.29, 1.82) is 0 Å². The quantitative estimate of drug-likeness (QED) is 0.787. The molecule has 0 aromatic heterocycles. The molecule has 0 spiro atoms. The summed E-state index contributed by atoms with van der Waals surface area (Å²) in [6.07, 6.45) is 5.34. The number of benzene rings is 1. The van der Waals surface area contributed by atoms with Gasteiger partial charge in [0.15, 0.2) is 17.4 Å². The third kappa shape index (κ3) is 5.35. The molecule has 1 fully saturated rings. The van der Waals surface area contributed by atoms with Crippen LogP contribution in [-0.2, 0) is 4.74 Å². The molecule has 7 heteroatoms. The third-order valence-corrected chi connectivity index (χ3v) is 3.72. The van der Waals surface area contributed by atoms with Crippen LogP contribution in [-0.4, -0.2) is 32.4 Å². The number of nitrogens with one attached hydrogen (secondary N) is 2. The van der Waals surface area contributed by atoms with Crippen LogP contribution in [0.4, 0.5) is 19.3 Å². The SMILES string of the molecule is COc1c(F)cc(NC(=O)NCCC[C@@H]2CCCCO2)cc1F. The summed E-state index contributed by atoms with van der Waals surface area (Å²) < 4.78 is 37.2. The highest BCUT2D eigenvalue weighted by molar-refractivity contribution is 5.89. The molecule has 1 aromatic rings. The summed E-state index contributed by atoms with van der Waals surface area (Å²) >= 11 is 0. The molecule has 0 unspecified atom stereocenters. The van der Waals surface area contributed by atoms with Crippen molar-refractivity contribution < 1.29 is 23.0 Å². The second kappa shape index (κ2) is 8.67. The zero-order valence-electron chi connectivity index (χ0n) is 13.2. The molecule has 23 heavy (non-hydrogen) atoms. The Balaban J connectivity index is 1.72. The number of urea groups is 1. The maximum Gasteiger partial charge on any atom is 0.319 e. The molecule has 0 radical (unpaired) electrons. The average Bonchev–Trinajstić information content (AvgIpc) is 2.52. The number of carbonyl (C=O) groups is 1. The Kier molecular flexibility index (Phi) is 6.58. The summed E-state index contributed by atoms with van der Waals surface area (Å²) in [5.41, 5.74) is 0.0360. The Morgan fingerprint density at radius 2 is 2.09 bits per heavy atom. The highest BCUT2D eigenvalue weighted by Gasteiger charge is 2.14. The van der Waals surface area contributed by atoms with E-state index in [1.165, 1.54) is 13.5 Å². The van der Waals surface area contributed by atoms with Gasteiger partial charge in [-0.15, -0.1) is 0 Å². The Morgan fingerprint density at radius 1 is 1.35 bits per heavy atom. The van der Waals surface area contributed by atoms with Gasteiger partial charge in [0.25, 0.3) is 0 Å². The first-order chi connectivity index (χ1) is 11.1. The molecule has 1 heterocycles. The molecule has 0 bridgehead atoms. The minimum Gasteiger partial charge on any atom is -0.491 e. The van der Waals surface area contributed by atoms with Crippen LogP contribution >= 0.6 is 0 Å². The van der Waals surface area contributed by atoms with Gasteiger partial charge in [0, 0.05) is 31.0 Å². The van der Waals surface area contributed by atoms with E-state index in [0.29, 0.717) is 6.54 Å². The van der Waals surface area contributed by atoms with Crippen LogP contribution in [0.25, 0.3) is 0 Å². The zero-order valence-corrected chi connectivity index (χ0v) is 13.2. The number of hydrogen-bond donors (Lipinski definition) is 2. The largest absolute Gasteiger partial charge is 0.491 e. The third-order valence-electron chi connectivity index (χ3n) is 3.72. The van der Waals surface area contributed by atoms with Crippen molar-refractivity contribution in [2.75, 3.05) is 25.6 Å².